The Bertz CT molecular complexity index is 866. The van der Waals surface area contributed by atoms with Gasteiger partial charge in [-0.05, 0) is 63.5 Å². The highest BCUT2D eigenvalue weighted by atomic mass is 16.5. The smallest absolute Gasteiger partial charge is 0.240 e. The molecule has 1 aromatic carbocycles. The molecule has 2 saturated carbocycles. The van der Waals surface area contributed by atoms with Crippen molar-refractivity contribution < 1.29 is 19.1 Å². The van der Waals surface area contributed by atoms with Crippen molar-refractivity contribution >= 4 is 0 Å². The van der Waals surface area contributed by atoms with E-state index in [2.05, 4.69) is 15.0 Å². The number of hydrogen-bond acceptors (Lipinski definition) is 7. The Morgan fingerprint density at radius 3 is 2.60 bits per heavy atom. The monoisotopic (exact) mass is 413 g/mol. The summed E-state index contributed by atoms with van der Waals surface area (Å²) in [7, 11) is 0. The number of aliphatic hydroxyl groups is 1. The van der Waals surface area contributed by atoms with Crippen molar-refractivity contribution in [1.82, 2.24) is 15.0 Å². The average Bonchev–Trinajstić information content (AvgIpc) is 3.33. The van der Waals surface area contributed by atoms with Gasteiger partial charge in [0.25, 0.3) is 0 Å². The summed E-state index contributed by atoms with van der Waals surface area (Å²) < 4.78 is 17.6. The third-order valence-electron chi connectivity index (χ3n) is 6.44. The standard InChI is InChI=1S/C23H31N3O4/c1-14(2)28-19-5-3-4-6-20(19)29-21-10-17-12-26(11-16(17)9-18(21)27)13-22-24-23(25-30-22)15-7-8-15/h3-6,14-18,21,27H,7-13H2,1-2H3/t16-,17+,18+,21+/m0/s1. The van der Waals surface area contributed by atoms with Crippen LogP contribution in [0.25, 0.3) is 0 Å². The predicted molar refractivity (Wildman–Crippen MR) is 110 cm³/mol. The number of benzene rings is 1. The van der Waals surface area contributed by atoms with Crippen molar-refractivity contribution in [2.45, 2.75) is 70.3 Å². The van der Waals surface area contributed by atoms with Gasteiger partial charge < -0.3 is 19.1 Å². The molecule has 2 aromatic rings. The quantitative estimate of drug-likeness (QED) is 0.745. The molecule has 0 bridgehead atoms. The van der Waals surface area contributed by atoms with Crippen LogP contribution in [0, 0.1) is 11.8 Å². The van der Waals surface area contributed by atoms with Crippen molar-refractivity contribution in [3.8, 4) is 11.5 Å². The molecule has 1 aliphatic heterocycles. The lowest BCUT2D eigenvalue weighted by molar-refractivity contribution is -0.0245. The molecule has 2 heterocycles. The van der Waals surface area contributed by atoms with Crippen LogP contribution >= 0.6 is 0 Å². The number of rotatable bonds is 7. The third-order valence-corrected chi connectivity index (χ3v) is 6.44. The van der Waals surface area contributed by atoms with Crippen molar-refractivity contribution in [3.05, 3.63) is 36.0 Å². The number of hydrogen-bond donors (Lipinski definition) is 1. The summed E-state index contributed by atoms with van der Waals surface area (Å²) in [4.78, 5) is 6.94. The van der Waals surface area contributed by atoms with Crippen molar-refractivity contribution in [2.24, 2.45) is 11.8 Å². The zero-order valence-electron chi connectivity index (χ0n) is 17.7. The molecule has 7 nitrogen and oxygen atoms in total. The van der Waals surface area contributed by atoms with Gasteiger partial charge >= 0.3 is 0 Å². The first kappa shape index (κ1) is 19.8. The van der Waals surface area contributed by atoms with E-state index in [-0.39, 0.29) is 12.2 Å². The fourth-order valence-corrected chi connectivity index (χ4v) is 4.84. The molecule has 7 heteroatoms. The number of ether oxygens (including phenoxy) is 2. The van der Waals surface area contributed by atoms with Gasteiger partial charge in [0.1, 0.15) is 6.10 Å². The van der Waals surface area contributed by atoms with Gasteiger partial charge in [0.15, 0.2) is 17.3 Å². The van der Waals surface area contributed by atoms with E-state index in [0.29, 0.717) is 35.9 Å². The number of fused-ring (bicyclic) bond motifs is 1. The Balaban J connectivity index is 1.21. The van der Waals surface area contributed by atoms with Gasteiger partial charge in [-0.1, -0.05) is 17.3 Å². The molecular formula is C23H31N3O4. The summed E-state index contributed by atoms with van der Waals surface area (Å²) in [5.41, 5.74) is 0. The van der Waals surface area contributed by atoms with Gasteiger partial charge in [-0.3, -0.25) is 4.90 Å². The largest absolute Gasteiger partial charge is 0.487 e. The highest BCUT2D eigenvalue weighted by Crippen LogP contribution is 2.40. The van der Waals surface area contributed by atoms with Gasteiger partial charge in [-0.25, -0.2) is 0 Å². The molecular weight excluding hydrogens is 382 g/mol. The van der Waals surface area contributed by atoms with E-state index in [0.717, 1.165) is 37.5 Å². The first-order valence-electron chi connectivity index (χ1n) is 11.2. The highest BCUT2D eigenvalue weighted by Gasteiger charge is 2.43. The fourth-order valence-electron chi connectivity index (χ4n) is 4.84. The van der Waals surface area contributed by atoms with E-state index in [4.69, 9.17) is 14.0 Å². The second-order valence-electron chi connectivity index (χ2n) is 9.34. The lowest BCUT2D eigenvalue weighted by atomic mass is 9.78. The molecule has 4 atom stereocenters. The molecule has 162 valence electrons. The summed E-state index contributed by atoms with van der Waals surface area (Å²) in [6.45, 7) is 6.63. The molecule has 5 rings (SSSR count). The van der Waals surface area contributed by atoms with Crippen molar-refractivity contribution in [3.63, 3.8) is 0 Å². The Morgan fingerprint density at radius 2 is 1.87 bits per heavy atom. The molecule has 2 aliphatic carbocycles. The molecule has 30 heavy (non-hydrogen) atoms. The molecule has 1 N–H and O–H groups in total. The predicted octanol–water partition coefficient (Wildman–Crippen LogP) is 3.38. The maximum atomic E-state index is 10.8. The van der Waals surface area contributed by atoms with E-state index in [1.807, 2.05) is 38.1 Å². The van der Waals surface area contributed by atoms with Gasteiger partial charge in [0, 0.05) is 19.0 Å². The van der Waals surface area contributed by atoms with Crippen LogP contribution in [0.5, 0.6) is 11.5 Å². The number of aliphatic hydroxyl groups excluding tert-OH is 1. The summed E-state index contributed by atoms with van der Waals surface area (Å²) >= 11 is 0. The van der Waals surface area contributed by atoms with Crippen LogP contribution in [-0.2, 0) is 6.54 Å². The molecule has 3 aliphatic rings. The van der Waals surface area contributed by atoms with Crippen LogP contribution in [0.2, 0.25) is 0 Å². The summed E-state index contributed by atoms with van der Waals surface area (Å²) in [5.74, 6) is 4.52. The summed E-state index contributed by atoms with van der Waals surface area (Å²) in [5, 5.41) is 14.9. The maximum absolute atomic E-state index is 10.8. The molecule has 1 saturated heterocycles. The third kappa shape index (κ3) is 4.32. The van der Waals surface area contributed by atoms with Crippen LogP contribution in [0.1, 0.15) is 57.2 Å². The molecule has 0 amide bonds. The lowest BCUT2D eigenvalue weighted by Gasteiger charge is -2.35. The van der Waals surface area contributed by atoms with Crippen LogP contribution < -0.4 is 9.47 Å². The molecule has 0 radical (unpaired) electrons. The van der Waals surface area contributed by atoms with Gasteiger partial charge in [-0.2, -0.15) is 4.98 Å². The van der Waals surface area contributed by atoms with Crippen LogP contribution in [0.4, 0.5) is 0 Å². The minimum atomic E-state index is -0.469. The molecule has 0 unspecified atom stereocenters. The Labute approximate surface area is 177 Å². The molecule has 3 fully saturated rings. The van der Waals surface area contributed by atoms with Gasteiger partial charge in [-0.15, -0.1) is 0 Å². The first-order chi connectivity index (χ1) is 14.5. The number of para-hydroxylation sites is 2. The maximum Gasteiger partial charge on any atom is 0.240 e. The van der Waals surface area contributed by atoms with Crippen LogP contribution in [-0.4, -0.2) is 51.5 Å². The van der Waals surface area contributed by atoms with Crippen LogP contribution in [0.15, 0.2) is 28.8 Å². The van der Waals surface area contributed by atoms with E-state index in [1.54, 1.807) is 0 Å². The average molecular weight is 414 g/mol. The Kier molecular flexibility index (Phi) is 5.41. The minimum absolute atomic E-state index is 0.0731. The number of likely N-dealkylation sites (tertiary alicyclic amines) is 1. The fraction of sp³-hybridized carbons (Fsp3) is 0.652. The SMILES string of the molecule is CC(C)Oc1ccccc1O[C@@H]1C[C@@H]2CN(Cc3nc(C4CC4)no3)C[C@@H]2C[C@H]1O. The van der Waals surface area contributed by atoms with Crippen LogP contribution in [0.3, 0.4) is 0 Å². The second kappa shape index (κ2) is 8.19. The van der Waals surface area contributed by atoms with Gasteiger partial charge in [0.05, 0.1) is 18.8 Å². The minimum Gasteiger partial charge on any atom is -0.487 e. The summed E-state index contributed by atoms with van der Waals surface area (Å²) in [6.07, 6.45) is 3.35. The van der Waals surface area contributed by atoms with E-state index < -0.39 is 6.10 Å². The van der Waals surface area contributed by atoms with Crippen molar-refractivity contribution in [2.75, 3.05) is 13.1 Å². The Morgan fingerprint density at radius 1 is 1.13 bits per heavy atom. The lowest BCUT2D eigenvalue weighted by Crippen LogP contribution is -2.42. The molecule has 1 aromatic heterocycles. The topological polar surface area (TPSA) is 80.9 Å². The zero-order chi connectivity index (χ0) is 20.7. The van der Waals surface area contributed by atoms with E-state index >= 15 is 0 Å². The summed E-state index contributed by atoms with van der Waals surface area (Å²) in [6, 6.07) is 7.73. The zero-order valence-corrected chi connectivity index (χ0v) is 17.7. The first-order valence-corrected chi connectivity index (χ1v) is 11.2. The number of nitrogens with zero attached hydrogens (tertiary/aromatic N) is 3. The Hall–Kier alpha value is -2.12. The normalized spacial score (nSPS) is 29.2. The highest BCUT2D eigenvalue weighted by molar-refractivity contribution is 5.39. The van der Waals surface area contributed by atoms with E-state index in [9.17, 15) is 5.11 Å². The molecule has 0 spiro atoms. The number of aromatic nitrogens is 2. The van der Waals surface area contributed by atoms with Gasteiger partial charge in [0.2, 0.25) is 5.89 Å². The second-order valence-corrected chi connectivity index (χ2v) is 9.34. The van der Waals surface area contributed by atoms with E-state index in [1.165, 1.54) is 12.8 Å². The van der Waals surface area contributed by atoms with Crippen molar-refractivity contribution in [1.29, 1.82) is 0 Å².